The van der Waals surface area contributed by atoms with Gasteiger partial charge < -0.3 is 25.6 Å². The lowest BCUT2D eigenvalue weighted by molar-refractivity contribution is -0.141. The summed E-state index contributed by atoms with van der Waals surface area (Å²) in [5.74, 6) is -0.877. The largest absolute Gasteiger partial charge is 0.444 e. The number of nitrogens with two attached hydrogens (primary N) is 1. The molecule has 0 radical (unpaired) electrons. The number of ether oxygens (including phenoxy) is 1. The van der Waals surface area contributed by atoms with Gasteiger partial charge in [0, 0.05) is 31.2 Å². The van der Waals surface area contributed by atoms with Crippen molar-refractivity contribution in [1.82, 2.24) is 20.0 Å². The van der Waals surface area contributed by atoms with Crippen molar-refractivity contribution in [1.29, 1.82) is 5.26 Å². The number of nitrogens with one attached hydrogen (secondary N) is 1. The molecule has 1 aromatic carbocycles. The fourth-order valence-electron chi connectivity index (χ4n) is 5.72. The van der Waals surface area contributed by atoms with E-state index in [1.165, 1.54) is 4.90 Å². The highest BCUT2D eigenvalue weighted by molar-refractivity contribution is 5.93. The van der Waals surface area contributed by atoms with Crippen LogP contribution in [0.2, 0.25) is 0 Å². The molecular weight excluding hydrogens is 488 g/mol. The summed E-state index contributed by atoms with van der Waals surface area (Å²) in [6, 6.07) is 6.98. The number of hydrogen-bond acceptors (Lipinski definition) is 7. The van der Waals surface area contributed by atoms with E-state index >= 15 is 0 Å². The number of piperazine rings is 1. The number of alkyl carbamates (subject to hydrolysis) is 1. The number of amides is 4. The fraction of sp³-hybridized carbons (Fsp3) is 0.593. The van der Waals surface area contributed by atoms with E-state index in [1.54, 1.807) is 32.9 Å². The maximum absolute atomic E-state index is 13.5. The second-order valence-electron chi connectivity index (χ2n) is 11.3. The van der Waals surface area contributed by atoms with Crippen molar-refractivity contribution in [2.45, 2.75) is 82.8 Å². The van der Waals surface area contributed by atoms with Crippen molar-refractivity contribution in [3.8, 4) is 6.07 Å². The van der Waals surface area contributed by atoms with Gasteiger partial charge in [-0.05, 0) is 64.7 Å². The molecule has 3 N–H and O–H groups in total. The van der Waals surface area contributed by atoms with Crippen LogP contribution in [0, 0.1) is 11.3 Å². The quantitative estimate of drug-likeness (QED) is 0.549. The number of hydrogen-bond donors (Lipinski definition) is 2. The van der Waals surface area contributed by atoms with Crippen molar-refractivity contribution >= 4 is 23.8 Å². The summed E-state index contributed by atoms with van der Waals surface area (Å²) >= 11 is 0. The molecule has 3 aliphatic rings. The number of rotatable bonds is 7. The normalized spacial score (nSPS) is 24.7. The van der Waals surface area contributed by atoms with E-state index in [0.717, 1.165) is 12.0 Å². The maximum atomic E-state index is 13.5. The third kappa shape index (κ3) is 5.60. The second-order valence-corrected chi connectivity index (χ2v) is 11.3. The minimum atomic E-state index is -0.946. The summed E-state index contributed by atoms with van der Waals surface area (Å²) in [7, 11) is 0. The first-order valence-corrected chi connectivity index (χ1v) is 13.0. The predicted octanol–water partition coefficient (Wildman–Crippen LogP) is 1.54. The summed E-state index contributed by atoms with van der Waals surface area (Å²) < 4.78 is 5.39. The molecule has 0 spiro atoms. The van der Waals surface area contributed by atoms with Crippen LogP contribution < -0.4 is 11.1 Å². The molecule has 3 fully saturated rings. The molecule has 11 nitrogen and oxygen atoms in total. The Morgan fingerprint density at radius 1 is 1.24 bits per heavy atom. The third-order valence-corrected chi connectivity index (χ3v) is 7.50. The zero-order chi connectivity index (χ0) is 27.8. The first kappa shape index (κ1) is 27.4. The van der Waals surface area contributed by atoms with E-state index in [2.05, 4.69) is 11.4 Å². The van der Waals surface area contributed by atoms with Crippen LogP contribution in [0.4, 0.5) is 4.79 Å². The summed E-state index contributed by atoms with van der Waals surface area (Å²) in [5.41, 5.74) is 5.91. The van der Waals surface area contributed by atoms with E-state index in [0.29, 0.717) is 31.5 Å². The molecule has 0 unspecified atom stereocenters. The van der Waals surface area contributed by atoms with Gasteiger partial charge in [-0.3, -0.25) is 19.3 Å². The lowest BCUT2D eigenvalue weighted by Gasteiger charge is -2.39. The third-order valence-electron chi connectivity index (χ3n) is 7.50. The molecule has 3 heterocycles. The smallest absolute Gasteiger partial charge is 0.408 e. The van der Waals surface area contributed by atoms with Crippen LogP contribution in [-0.2, 0) is 14.3 Å². The van der Waals surface area contributed by atoms with Gasteiger partial charge in [0.2, 0.25) is 17.7 Å². The molecular formula is C27H36N6O5. The molecule has 0 saturated carbocycles. The Balaban J connectivity index is 1.47. The molecule has 204 valence electrons. The van der Waals surface area contributed by atoms with Crippen LogP contribution in [0.25, 0.3) is 0 Å². The Kier molecular flexibility index (Phi) is 7.65. The second kappa shape index (κ2) is 10.6. The highest BCUT2D eigenvalue weighted by Gasteiger charge is 2.52. The summed E-state index contributed by atoms with van der Waals surface area (Å²) in [4.78, 5) is 56.3. The van der Waals surface area contributed by atoms with E-state index < -0.39 is 35.7 Å². The molecule has 1 aromatic rings. The van der Waals surface area contributed by atoms with Gasteiger partial charge in [0.05, 0.1) is 18.2 Å². The standard InChI is InChI=1S/C27H36N6O5/c1-16(17-7-9-18(10-8-17)23(29)34)33-20-12-22(25(33)36)31(14-20)15-21(30-26(37)38-27(2,3)4)24(35)32-11-5-6-19(32)13-28/h7-10,16,19-22H,5-6,11-12,14-15H2,1-4H3,(H2,29,34)(H,30,37)/t16-,19-,20-,21-,22-/m0/s1. The number of benzene rings is 1. The zero-order valence-corrected chi connectivity index (χ0v) is 22.3. The first-order chi connectivity index (χ1) is 17.9. The molecule has 3 aliphatic heterocycles. The zero-order valence-electron chi connectivity index (χ0n) is 22.3. The fourth-order valence-corrected chi connectivity index (χ4v) is 5.72. The number of carbonyl (C=O) groups is 4. The highest BCUT2D eigenvalue weighted by atomic mass is 16.6. The number of nitriles is 1. The lowest BCUT2D eigenvalue weighted by Crippen LogP contribution is -2.59. The van der Waals surface area contributed by atoms with Gasteiger partial charge in [0.1, 0.15) is 17.7 Å². The first-order valence-electron chi connectivity index (χ1n) is 13.0. The van der Waals surface area contributed by atoms with Gasteiger partial charge in [-0.2, -0.15) is 5.26 Å². The van der Waals surface area contributed by atoms with E-state index in [9.17, 15) is 24.4 Å². The summed E-state index contributed by atoms with van der Waals surface area (Å²) in [6.45, 7) is 8.33. The van der Waals surface area contributed by atoms with Gasteiger partial charge in [0.15, 0.2) is 0 Å². The van der Waals surface area contributed by atoms with Crippen molar-refractivity contribution in [2.24, 2.45) is 5.73 Å². The van der Waals surface area contributed by atoms with Gasteiger partial charge in [-0.15, -0.1) is 0 Å². The molecule has 0 aromatic heterocycles. The number of primary amides is 1. The van der Waals surface area contributed by atoms with Gasteiger partial charge in [-0.1, -0.05) is 12.1 Å². The Morgan fingerprint density at radius 3 is 2.50 bits per heavy atom. The monoisotopic (exact) mass is 524 g/mol. The molecule has 3 saturated heterocycles. The molecule has 4 rings (SSSR count). The molecule has 11 heteroatoms. The summed E-state index contributed by atoms with van der Waals surface area (Å²) in [6.07, 6.45) is 1.24. The van der Waals surface area contributed by atoms with Gasteiger partial charge in [0.25, 0.3) is 0 Å². The molecule has 0 aliphatic carbocycles. The van der Waals surface area contributed by atoms with E-state index in [-0.39, 0.29) is 30.4 Å². The Morgan fingerprint density at radius 2 is 1.92 bits per heavy atom. The number of fused-ring (bicyclic) bond motifs is 2. The van der Waals surface area contributed by atoms with Crippen molar-refractivity contribution in [2.75, 3.05) is 19.6 Å². The van der Waals surface area contributed by atoms with Crippen LogP contribution in [0.3, 0.4) is 0 Å². The highest BCUT2D eigenvalue weighted by Crippen LogP contribution is 2.38. The average Bonchev–Trinajstić information content (AvgIpc) is 3.56. The minimum Gasteiger partial charge on any atom is -0.444 e. The van der Waals surface area contributed by atoms with Crippen molar-refractivity contribution in [3.63, 3.8) is 0 Å². The van der Waals surface area contributed by atoms with Crippen LogP contribution in [0.5, 0.6) is 0 Å². The molecule has 2 bridgehead atoms. The van der Waals surface area contributed by atoms with E-state index in [1.807, 2.05) is 28.9 Å². The van der Waals surface area contributed by atoms with E-state index in [4.69, 9.17) is 10.5 Å². The lowest BCUT2D eigenvalue weighted by atomic mass is 10.0. The minimum absolute atomic E-state index is 0.0349. The van der Waals surface area contributed by atoms with Crippen LogP contribution in [-0.4, -0.2) is 87.9 Å². The van der Waals surface area contributed by atoms with Crippen molar-refractivity contribution in [3.05, 3.63) is 35.4 Å². The SMILES string of the molecule is C[C@@H](c1ccc(C(N)=O)cc1)N1C(=O)[C@@H]2C[C@H]1CN2C[C@H](NC(=O)OC(C)(C)C)C(=O)N1CCC[C@H]1C#N. The topological polar surface area (TPSA) is 149 Å². The predicted molar refractivity (Wildman–Crippen MR) is 137 cm³/mol. The van der Waals surface area contributed by atoms with Crippen LogP contribution >= 0.6 is 0 Å². The summed E-state index contributed by atoms with van der Waals surface area (Å²) in [5, 5.41) is 12.2. The molecule has 5 atom stereocenters. The maximum Gasteiger partial charge on any atom is 0.408 e. The Hall–Kier alpha value is -3.65. The van der Waals surface area contributed by atoms with Crippen LogP contribution in [0.15, 0.2) is 24.3 Å². The number of nitrogens with zero attached hydrogens (tertiary/aromatic N) is 4. The molecule has 38 heavy (non-hydrogen) atoms. The number of carbonyl (C=O) groups excluding carboxylic acids is 4. The number of likely N-dealkylation sites (tertiary alicyclic amines) is 3. The average molecular weight is 525 g/mol. The Labute approximate surface area is 222 Å². The van der Waals surface area contributed by atoms with Gasteiger partial charge in [-0.25, -0.2) is 4.79 Å². The van der Waals surface area contributed by atoms with Crippen LogP contribution in [0.1, 0.15) is 68.9 Å². The Bertz CT molecular complexity index is 1140. The molecule has 4 amide bonds. The van der Waals surface area contributed by atoms with Crippen molar-refractivity contribution < 1.29 is 23.9 Å². The van der Waals surface area contributed by atoms with Gasteiger partial charge >= 0.3 is 6.09 Å².